The average molecular weight is 406 g/mol. The van der Waals surface area contributed by atoms with Gasteiger partial charge in [-0.1, -0.05) is 27.7 Å². The Hall–Kier alpha value is -0.280. The molecule has 0 aliphatic carbocycles. The van der Waals surface area contributed by atoms with E-state index in [1.165, 1.54) is 0 Å². The second kappa shape index (κ2) is 12.4. The van der Waals surface area contributed by atoms with Gasteiger partial charge in [0.05, 0.1) is 30.5 Å². The van der Waals surface area contributed by atoms with E-state index in [1.807, 2.05) is 41.8 Å². The van der Waals surface area contributed by atoms with Crippen LogP contribution in [0.15, 0.2) is 0 Å². The molecule has 0 spiro atoms. The number of aliphatic hydroxyl groups excluding tert-OH is 2. The maximum absolute atomic E-state index is 11.1. The first-order chi connectivity index (χ1) is 13.2. The summed E-state index contributed by atoms with van der Waals surface area (Å²) in [4.78, 5) is 2.09. The van der Waals surface area contributed by atoms with Crippen molar-refractivity contribution in [3.63, 3.8) is 0 Å². The van der Waals surface area contributed by atoms with Crippen LogP contribution in [-0.2, 0) is 14.2 Å². The van der Waals surface area contributed by atoms with Gasteiger partial charge in [-0.2, -0.15) is 0 Å². The molecule has 0 aromatic carbocycles. The lowest BCUT2D eigenvalue weighted by atomic mass is 9.73. The average Bonchev–Trinajstić information content (AvgIpc) is 2.68. The highest BCUT2D eigenvalue weighted by molar-refractivity contribution is 4.99. The minimum Gasteiger partial charge on any atom is -0.390 e. The Bertz CT molecular complexity index is 414. The van der Waals surface area contributed by atoms with Gasteiger partial charge >= 0.3 is 0 Å². The predicted molar refractivity (Wildman–Crippen MR) is 109 cm³/mol. The van der Waals surface area contributed by atoms with Crippen molar-refractivity contribution in [2.24, 2.45) is 5.92 Å². The Labute approximate surface area is 171 Å². The first-order valence-electron chi connectivity index (χ1n) is 10.9. The Morgan fingerprint density at radius 2 is 1.64 bits per heavy atom. The molecule has 5 unspecified atom stereocenters. The second-order valence-corrected chi connectivity index (χ2v) is 8.17. The zero-order valence-corrected chi connectivity index (χ0v) is 18.6. The number of aliphatic hydroxyl groups is 3. The van der Waals surface area contributed by atoms with Crippen LogP contribution in [0.1, 0.15) is 59.8 Å². The maximum Gasteiger partial charge on any atom is 0.186 e. The molecule has 0 saturated carbocycles. The third-order valence-electron chi connectivity index (χ3n) is 5.96. The van der Waals surface area contributed by atoms with E-state index in [0.717, 1.165) is 25.8 Å². The molecule has 1 saturated heterocycles. The molecular weight excluding hydrogens is 362 g/mol. The number of rotatable bonds is 13. The largest absolute Gasteiger partial charge is 0.390 e. The van der Waals surface area contributed by atoms with E-state index < -0.39 is 36.1 Å². The molecule has 0 radical (unpaired) electrons. The standard InChI is InChI=1S/C21H43NO6/c1-7-15(8-2)27-20-19(24)18(23)17(21(25,9-3)10-4)16(28-20)14-26-13-11-12-22(5)6/h15-20,23-25H,7-14H2,1-6H3. The van der Waals surface area contributed by atoms with Gasteiger partial charge in [0.2, 0.25) is 0 Å². The monoisotopic (exact) mass is 405 g/mol. The normalized spacial score (nSPS) is 29.0. The van der Waals surface area contributed by atoms with Crippen LogP contribution in [0.2, 0.25) is 0 Å². The van der Waals surface area contributed by atoms with Crippen molar-refractivity contribution in [3.8, 4) is 0 Å². The quantitative estimate of drug-likeness (QED) is 0.402. The molecule has 7 heteroatoms. The number of ether oxygens (including phenoxy) is 3. The van der Waals surface area contributed by atoms with Gasteiger partial charge in [-0.25, -0.2) is 0 Å². The van der Waals surface area contributed by atoms with Crippen LogP contribution >= 0.6 is 0 Å². The molecule has 5 atom stereocenters. The summed E-state index contributed by atoms with van der Waals surface area (Å²) in [7, 11) is 4.03. The molecule has 7 nitrogen and oxygen atoms in total. The van der Waals surface area contributed by atoms with Crippen LogP contribution in [0.4, 0.5) is 0 Å². The summed E-state index contributed by atoms with van der Waals surface area (Å²) in [5, 5.41) is 32.6. The zero-order chi connectivity index (χ0) is 21.3. The lowest BCUT2D eigenvalue weighted by Crippen LogP contribution is -2.63. The predicted octanol–water partition coefficient (Wildman–Crippen LogP) is 1.77. The van der Waals surface area contributed by atoms with E-state index in [4.69, 9.17) is 14.2 Å². The molecule has 1 rings (SSSR count). The van der Waals surface area contributed by atoms with Gasteiger partial charge in [-0.3, -0.25) is 0 Å². The molecule has 28 heavy (non-hydrogen) atoms. The first-order valence-corrected chi connectivity index (χ1v) is 10.9. The molecule has 0 aromatic rings. The molecular formula is C21H43NO6. The Morgan fingerprint density at radius 3 is 2.14 bits per heavy atom. The van der Waals surface area contributed by atoms with Crippen molar-refractivity contribution in [1.29, 1.82) is 0 Å². The summed E-state index contributed by atoms with van der Waals surface area (Å²) >= 11 is 0. The fourth-order valence-corrected chi connectivity index (χ4v) is 3.92. The molecule has 1 aliphatic heterocycles. The maximum atomic E-state index is 11.1. The van der Waals surface area contributed by atoms with Crippen molar-refractivity contribution in [2.75, 3.05) is 33.9 Å². The summed E-state index contributed by atoms with van der Waals surface area (Å²) in [5.41, 5.74) is -1.14. The van der Waals surface area contributed by atoms with Crippen LogP contribution in [0.5, 0.6) is 0 Å². The van der Waals surface area contributed by atoms with E-state index in [9.17, 15) is 15.3 Å². The highest BCUT2D eigenvalue weighted by Crippen LogP contribution is 2.38. The highest BCUT2D eigenvalue weighted by Gasteiger charge is 2.53. The topological polar surface area (TPSA) is 91.6 Å². The van der Waals surface area contributed by atoms with Crippen molar-refractivity contribution in [1.82, 2.24) is 4.90 Å². The molecule has 0 aromatic heterocycles. The van der Waals surface area contributed by atoms with Crippen LogP contribution in [0.3, 0.4) is 0 Å². The molecule has 3 N–H and O–H groups in total. The van der Waals surface area contributed by atoms with Crippen molar-refractivity contribution < 1.29 is 29.5 Å². The lowest BCUT2D eigenvalue weighted by Gasteiger charge is -2.49. The molecule has 0 bridgehead atoms. The highest BCUT2D eigenvalue weighted by atomic mass is 16.7. The van der Waals surface area contributed by atoms with Crippen molar-refractivity contribution >= 4 is 0 Å². The van der Waals surface area contributed by atoms with Gasteiger partial charge in [0.15, 0.2) is 6.29 Å². The third-order valence-corrected chi connectivity index (χ3v) is 5.96. The van der Waals surface area contributed by atoms with Gasteiger partial charge in [0, 0.05) is 12.5 Å². The minimum atomic E-state index is -1.21. The number of hydrogen-bond acceptors (Lipinski definition) is 7. The molecule has 1 aliphatic rings. The van der Waals surface area contributed by atoms with Gasteiger partial charge in [0.25, 0.3) is 0 Å². The summed E-state index contributed by atoms with van der Waals surface area (Å²) in [6.45, 7) is 9.52. The lowest BCUT2D eigenvalue weighted by molar-refractivity contribution is -0.322. The van der Waals surface area contributed by atoms with Crippen LogP contribution < -0.4 is 0 Å². The Morgan fingerprint density at radius 1 is 1.04 bits per heavy atom. The Balaban J connectivity index is 2.90. The minimum absolute atomic E-state index is 0.0544. The van der Waals surface area contributed by atoms with E-state index >= 15 is 0 Å². The SMILES string of the molecule is CCC(CC)OC1OC(COCCCN(C)C)C(C(O)(CC)CC)C(O)C1O. The fourth-order valence-electron chi connectivity index (χ4n) is 3.92. The van der Waals surface area contributed by atoms with E-state index in [2.05, 4.69) is 4.90 Å². The van der Waals surface area contributed by atoms with Crippen molar-refractivity contribution in [2.45, 2.75) is 96.1 Å². The van der Waals surface area contributed by atoms with Gasteiger partial charge in [-0.15, -0.1) is 0 Å². The van der Waals surface area contributed by atoms with Crippen LogP contribution in [0, 0.1) is 5.92 Å². The fraction of sp³-hybridized carbons (Fsp3) is 1.00. The molecule has 1 fully saturated rings. The zero-order valence-electron chi connectivity index (χ0n) is 18.6. The molecule has 0 amide bonds. The summed E-state index contributed by atoms with van der Waals surface area (Å²) in [6.07, 6.45) is -0.506. The van der Waals surface area contributed by atoms with Gasteiger partial charge in [0.1, 0.15) is 6.10 Å². The second-order valence-electron chi connectivity index (χ2n) is 8.17. The Kier molecular flexibility index (Phi) is 11.4. The summed E-state index contributed by atoms with van der Waals surface area (Å²) in [5.74, 6) is -0.645. The smallest absolute Gasteiger partial charge is 0.186 e. The van der Waals surface area contributed by atoms with Crippen molar-refractivity contribution in [3.05, 3.63) is 0 Å². The molecule has 168 valence electrons. The first kappa shape index (κ1) is 25.8. The third kappa shape index (κ3) is 6.90. The van der Waals surface area contributed by atoms with E-state index in [-0.39, 0.29) is 12.7 Å². The number of hydrogen-bond donors (Lipinski definition) is 3. The van der Waals surface area contributed by atoms with E-state index in [1.54, 1.807) is 0 Å². The van der Waals surface area contributed by atoms with Gasteiger partial charge < -0.3 is 34.4 Å². The summed E-state index contributed by atoms with van der Waals surface area (Å²) < 4.78 is 17.8. The molecule has 1 heterocycles. The van der Waals surface area contributed by atoms with E-state index in [0.29, 0.717) is 19.4 Å². The number of nitrogens with zero attached hydrogens (tertiary/aromatic N) is 1. The summed E-state index contributed by atoms with van der Waals surface area (Å²) in [6, 6.07) is 0. The van der Waals surface area contributed by atoms with Crippen LogP contribution in [-0.4, -0.2) is 90.4 Å². The van der Waals surface area contributed by atoms with Crippen LogP contribution in [0.25, 0.3) is 0 Å². The van der Waals surface area contributed by atoms with Gasteiger partial charge in [-0.05, 0) is 52.7 Å².